The van der Waals surface area contributed by atoms with Gasteiger partial charge in [0.15, 0.2) is 0 Å². The second-order valence-electron chi connectivity index (χ2n) is 8.16. The van der Waals surface area contributed by atoms with Crippen molar-refractivity contribution in [1.82, 2.24) is 19.8 Å². The van der Waals surface area contributed by atoms with Crippen LogP contribution in [-0.4, -0.2) is 52.6 Å². The topological polar surface area (TPSA) is 85.7 Å². The van der Waals surface area contributed by atoms with Crippen molar-refractivity contribution >= 4 is 11.8 Å². The van der Waals surface area contributed by atoms with Crippen molar-refractivity contribution < 1.29 is 32.2 Å². The molecule has 2 aliphatic rings. The maximum absolute atomic E-state index is 13.2. The number of nitrogens with zero attached hydrogens (tertiary/aromatic N) is 3. The summed E-state index contributed by atoms with van der Waals surface area (Å²) < 4.78 is 51.7. The molecule has 2 amide bonds. The van der Waals surface area contributed by atoms with E-state index in [-0.39, 0.29) is 36.2 Å². The Morgan fingerprint density at radius 2 is 2.00 bits per heavy atom. The fraction of sp³-hybridized carbons (Fsp3) is 0.542. The Morgan fingerprint density at radius 3 is 2.63 bits per heavy atom. The van der Waals surface area contributed by atoms with Crippen LogP contribution >= 0.6 is 0 Å². The minimum atomic E-state index is -4.64. The quantitative estimate of drug-likeness (QED) is 0.676. The SMILES string of the molecule is CC.COc1ncc(CNC(=O)c2cc(C(=O)N3CCCC3C)n3c2COCC3)cc1C(F)(F)F. The van der Waals surface area contributed by atoms with E-state index in [1.807, 2.05) is 25.3 Å². The fourth-order valence-electron chi connectivity index (χ4n) is 4.32. The Morgan fingerprint density at radius 1 is 1.26 bits per heavy atom. The number of amides is 2. The van der Waals surface area contributed by atoms with Crippen molar-refractivity contribution in [2.75, 3.05) is 20.3 Å². The molecule has 11 heteroatoms. The number of hydrogen-bond donors (Lipinski definition) is 1. The molecule has 0 aliphatic carbocycles. The van der Waals surface area contributed by atoms with Crippen molar-refractivity contribution in [2.45, 2.75) is 65.5 Å². The first kappa shape index (κ1) is 26.5. The highest BCUT2D eigenvalue weighted by atomic mass is 19.4. The number of likely N-dealkylation sites (tertiary alicyclic amines) is 1. The van der Waals surface area contributed by atoms with Gasteiger partial charge in [-0.05, 0) is 37.5 Å². The van der Waals surface area contributed by atoms with E-state index in [2.05, 4.69) is 15.0 Å². The molecule has 4 rings (SSSR count). The van der Waals surface area contributed by atoms with Gasteiger partial charge in [0.2, 0.25) is 5.88 Å². The molecule has 0 spiro atoms. The van der Waals surface area contributed by atoms with Gasteiger partial charge in [-0.3, -0.25) is 9.59 Å². The van der Waals surface area contributed by atoms with Gasteiger partial charge in [0.05, 0.1) is 31.6 Å². The van der Waals surface area contributed by atoms with E-state index in [0.717, 1.165) is 26.0 Å². The zero-order valence-corrected chi connectivity index (χ0v) is 20.4. The van der Waals surface area contributed by atoms with Crippen molar-refractivity contribution in [2.24, 2.45) is 0 Å². The van der Waals surface area contributed by atoms with Crippen LogP contribution in [0.25, 0.3) is 0 Å². The number of fused-ring (bicyclic) bond motifs is 1. The van der Waals surface area contributed by atoms with Gasteiger partial charge in [0.1, 0.15) is 11.3 Å². The maximum Gasteiger partial charge on any atom is 0.421 e. The van der Waals surface area contributed by atoms with Crippen LogP contribution in [0.5, 0.6) is 5.88 Å². The Labute approximate surface area is 202 Å². The molecule has 1 fully saturated rings. The summed E-state index contributed by atoms with van der Waals surface area (Å²) in [7, 11) is 1.11. The van der Waals surface area contributed by atoms with E-state index in [0.29, 0.717) is 31.1 Å². The number of carbonyl (C=O) groups excluding carboxylic acids is 2. The average molecular weight is 497 g/mol. The molecule has 0 radical (unpaired) electrons. The minimum absolute atomic E-state index is 0.128. The molecule has 192 valence electrons. The largest absolute Gasteiger partial charge is 0.481 e. The molecular weight excluding hydrogens is 465 g/mol. The van der Waals surface area contributed by atoms with Crippen LogP contribution < -0.4 is 10.1 Å². The summed E-state index contributed by atoms with van der Waals surface area (Å²) >= 11 is 0. The molecule has 1 unspecified atom stereocenters. The number of hydrogen-bond acceptors (Lipinski definition) is 5. The summed E-state index contributed by atoms with van der Waals surface area (Å²) in [6.07, 6.45) is -1.55. The van der Waals surface area contributed by atoms with Crippen molar-refractivity contribution in [3.63, 3.8) is 0 Å². The minimum Gasteiger partial charge on any atom is -0.481 e. The number of methoxy groups -OCH3 is 1. The molecule has 4 heterocycles. The van der Waals surface area contributed by atoms with E-state index in [9.17, 15) is 22.8 Å². The lowest BCUT2D eigenvalue weighted by atomic mass is 10.1. The van der Waals surface area contributed by atoms with Gasteiger partial charge in [-0.15, -0.1) is 0 Å². The maximum atomic E-state index is 13.2. The van der Waals surface area contributed by atoms with Crippen LogP contribution in [0, 0.1) is 0 Å². The Hall–Kier alpha value is -3.08. The van der Waals surface area contributed by atoms with Crippen LogP contribution in [0.2, 0.25) is 0 Å². The first-order valence-corrected chi connectivity index (χ1v) is 11.7. The van der Waals surface area contributed by atoms with Gasteiger partial charge in [0.25, 0.3) is 11.8 Å². The summed E-state index contributed by atoms with van der Waals surface area (Å²) in [5, 5.41) is 2.63. The Kier molecular flexibility index (Phi) is 8.42. The summed E-state index contributed by atoms with van der Waals surface area (Å²) in [4.78, 5) is 31.6. The molecule has 1 saturated heterocycles. The van der Waals surface area contributed by atoms with Crippen LogP contribution in [0.3, 0.4) is 0 Å². The first-order valence-electron chi connectivity index (χ1n) is 11.7. The molecular formula is C24H31F3N4O4. The second kappa shape index (κ2) is 11.1. The molecule has 1 atom stereocenters. The third kappa shape index (κ3) is 5.61. The zero-order chi connectivity index (χ0) is 25.8. The van der Waals surface area contributed by atoms with Crippen LogP contribution in [-0.2, 0) is 30.6 Å². The van der Waals surface area contributed by atoms with Crippen molar-refractivity contribution in [1.29, 1.82) is 0 Å². The van der Waals surface area contributed by atoms with E-state index in [4.69, 9.17) is 4.74 Å². The lowest BCUT2D eigenvalue weighted by molar-refractivity contribution is -0.139. The molecule has 1 N–H and O–H groups in total. The van der Waals surface area contributed by atoms with Crippen molar-refractivity contribution in [3.05, 3.63) is 46.4 Å². The lowest BCUT2D eigenvalue weighted by Gasteiger charge is -2.24. The van der Waals surface area contributed by atoms with Gasteiger partial charge in [-0.2, -0.15) is 13.2 Å². The standard InChI is InChI=1S/C22H25F3N4O4.C2H6/c1-13-4-3-5-28(13)21(31)17-9-15(18-12-33-7-6-29(17)18)19(30)26-10-14-8-16(22(23,24)25)20(32-2)27-11-14;1-2/h8-9,11,13H,3-7,10,12H2,1-2H3,(H,26,30);1-2H3. The number of alkyl halides is 3. The van der Waals surface area contributed by atoms with Gasteiger partial charge in [-0.25, -0.2) is 4.98 Å². The molecule has 2 aromatic heterocycles. The number of pyridine rings is 1. The van der Waals surface area contributed by atoms with Crippen LogP contribution in [0.4, 0.5) is 13.2 Å². The number of rotatable bonds is 5. The van der Waals surface area contributed by atoms with Crippen LogP contribution in [0.1, 0.15) is 71.3 Å². The monoisotopic (exact) mass is 496 g/mol. The average Bonchev–Trinajstić information content (AvgIpc) is 3.46. The smallest absolute Gasteiger partial charge is 0.421 e. The third-order valence-electron chi connectivity index (χ3n) is 6.04. The molecule has 0 aromatic carbocycles. The summed E-state index contributed by atoms with van der Waals surface area (Å²) in [6.45, 7) is 7.55. The van der Waals surface area contributed by atoms with E-state index in [1.54, 1.807) is 11.0 Å². The molecule has 8 nitrogen and oxygen atoms in total. The third-order valence-corrected chi connectivity index (χ3v) is 6.04. The first-order chi connectivity index (χ1) is 16.7. The molecule has 2 aliphatic heterocycles. The van der Waals surface area contributed by atoms with Gasteiger partial charge in [0, 0.05) is 31.9 Å². The number of ether oxygens (including phenoxy) is 2. The fourth-order valence-corrected chi connectivity index (χ4v) is 4.32. The number of halogens is 3. The second-order valence-corrected chi connectivity index (χ2v) is 8.16. The van der Waals surface area contributed by atoms with Crippen LogP contribution in [0.15, 0.2) is 18.3 Å². The van der Waals surface area contributed by atoms with Gasteiger partial charge in [-0.1, -0.05) is 13.8 Å². The number of nitrogens with one attached hydrogen (secondary N) is 1. The van der Waals surface area contributed by atoms with E-state index in [1.165, 1.54) is 6.20 Å². The van der Waals surface area contributed by atoms with Gasteiger partial charge < -0.3 is 24.3 Å². The Balaban J connectivity index is 0.00000167. The highest BCUT2D eigenvalue weighted by Gasteiger charge is 2.36. The van der Waals surface area contributed by atoms with Crippen molar-refractivity contribution in [3.8, 4) is 5.88 Å². The lowest BCUT2D eigenvalue weighted by Crippen LogP contribution is -2.35. The molecule has 0 bridgehead atoms. The summed E-state index contributed by atoms with van der Waals surface area (Å²) in [6, 6.07) is 2.58. The number of aromatic nitrogens is 2. The molecule has 0 saturated carbocycles. The van der Waals surface area contributed by atoms with E-state index >= 15 is 0 Å². The molecule has 2 aromatic rings. The highest BCUT2D eigenvalue weighted by molar-refractivity contribution is 6.00. The zero-order valence-electron chi connectivity index (χ0n) is 20.4. The summed E-state index contributed by atoms with van der Waals surface area (Å²) in [5.74, 6) is -1.16. The highest BCUT2D eigenvalue weighted by Crippen LogP contribution is 2.35. The molecule has 35 heavy (non-hydrogen) atoms. The van der Waals surface area contributed by atoms with E-state index < -0.39 is 23.5 Å². The Bertz CT molecular complexity index is 1070. The predicted molar refractivity (Wildman–Crippen MR) is 122 cm³/mol. The normalized spacial score (nSPS) is 17.3. The van der Waals surface area contributed by atoms with Gasteiger partial charge >= 0.3 is 6.18 Å². The number of carbonyl (C=O) groups is 2. The summed E-state index contributed by atoms with van der Waals surface area (Å²) in [5.41, 5.74) is 0.444. The predicted octanol–water partition coefficient (Wildman–Crippen LogP) is 4.02.